The van der Waals surface area contributed by atoms with Crippen molar-refractivity contribution in [2.45, 2.75) is 70.6 Å². The summed E-state index contributed by atoms with van der Waals surface area (Å²) in [5.41, 5.74) is 1.43. The third-order valence-corrected chi connectivity index (χ3v) is 5.36. The number of benzene rings is 1. The molecule has 0 bridgehead atoms. The van der Waals surface area contributed by atoms with E-state index in [1.807, 2.05) is 17.0 Å². The zero-order chi connectivity index (χ0) is 19.3. The van der Waals surface area contributed by atoms with Crippen molar-refractivity contribution in [1.29, 1.82) is 0 Å². The molecule has 27 heavy (non-hydrogen) atoms. The van der Waals surface area contributed by atoms with Gasteiger partial charge in [0.1, 0.15) is 5.75 Å². The van der Waals surface area contributed by atoms with Gasteiger partial charge in [-0.3, -0.25) is 4.79 Å². The van der Waals surface area contributed by atoms with Crippen molar-refractivity contribution in [3.05, 3.63) is 29.8 Å². The predicted octanol–water partition coefficient (Wildman–Crippen LogP) is 3.90. The zero-order valence-electron chi connectivity index (χ0n) is 16.9. The van der Waals surface area contributed by atoms with Gasteiger partial charge in [-0.15, -0.1) is 0 Å². The second-order valence-corrected chi connectivity index (χ2v) is 8.49. The van der Waals surface area contributed by atoms with Crippen LogP contribution in [-0.2, 0) is 19.7 Å². The van der Waals surface area contributed by atoms with Crippen LogP contribution in [0.4, 0.5) is 0 Å². The highest BCUT2D eigenvalue weighted by atomic mass is 16.7. The standard InChI is InChI=1S/C22H33NO4/c1-22(2,3)17-9-11-18(12-10-17)25-14-6-8-20(24)23-13-5-4-7-19(23)21-26-15-16-27-21/h9-12,19,21H,4-8,13-16H2,1-3H3. The lowest BCUT2D eigenvalue weighted by atomic mass is 9.87. The smallest absolute Gasteiger partial charge is 0.223 e. The van der Waals surface area contributed by atoms with E-state index in [0.717, 1.165) is 38.0 Å². The van der Waals surface area contributed by atoms with Crippen LogP contribution in [0.25, 0.3) is 0 Å². The van der Waals surface area contributed by atoms with Crippen molar-refractivity contribution in [3.63, 3.8) is 0 Å². The van der Waals surface area contributed by atoms with Crippen molar-refractivity contribution in [2.24, 2.45) is 0 Å². The van der Waals surface area contributed by atoms with E-state index in [4.69, 9.17) is 14.2 Å². The van der Waals surface area contributed by atoms with E-state index < -0.39 is 0 Å². The molecule has 2 heterocycles. The first kappa shape index (κ1) is 20.2. The fourth-order valence-corrected chi connectivity index (χ4v) is 3.76. The summed E-state index contributed by atoms with van der Waals surface area (Å²) in [5, 5.41) is 0. The first-order valence-electron chi connectivity index (χ1n) is 10.2. The van der Waals surface area contributed by atoms with Gasteiger partial charge in [-0.1, -0.05) is 32.9 Å². The van der Waals surface area contributed by atoms with Crippen LogP contribution in [0.2, 0.25) is 0 Å². The molecule has 150 valence electrons. The Labute approximate surface area is 163 Å². The molecular formula is C22H33NO4. The number of ether oxygens (including phenoxy) is 3. The maximum absolute atomic E-state index is 12.7. The second-order valence-electron chi connectivity index (χ2n) is 8.49. The van der Waals surface area contributed by atoms with Gasteiger partial charge in [0.15, 0.2) is 6.29 Å². The third-order valence-electron chi connectivity index (χ3n) is 5.36. The molecule has 0 saturated carbocycles. The molecule has 2 fully saturated rings. The molecule has 0 spiro atoms. The van der Waals surface area contributed by atoms with Gasteiger partial charge in [-0.25, -0.2) is 0 Å². The van der Waals surface area contributed by atoms with E-state index in [9.17, 15) is 4.79 Å². The van der Waals surface area contributed by atoms with Gasteiger partial charge in [-0.05, 0) is 48.8 Å². The summed E-state index contributed by atoms with van der Waals surface area (Å²) in [4.78, 5) is 14.7. The number of hydrogen-bond acceptors (Lipinski definition) is 4. The SMILES string of the molecule is CC(C)(C)c1ccc(OCCCC(=O)N2CCCCC2C2OCCO2)cc1. The average Bonchev–Trinajstić information content (AvgIpc) is 3.19. The van der Waals surface area contributed by atoms with Crippen LogP contribution >= 0.6 is 0 Å². The van der Waals surface area contributed by atoms with Gasteiger partial charge in [0.2, 0.25) is 5.91 Å². The molecule has 1 atom stereocenters. The van der Waals surface area contributed by atoms with Crippen LogP contribution in [-0.4, -0.2) is 49.5 Å². The second kappa shape index (κ2) is 9.07. The molecule has 3 rings (SSSR count). The summed E-state index contributed by atoms with van der Waals surface area (Å²) in [6.45, 7) is 9.21. The lowest BCUT2D eigenvalue weighted by Gasteiger charge is -2.38. The number of rotatable bonds is 6. The molecule has 1 aromatic carbocycles. The maximum atomic E-state index is 12.7. The molecule has 2 aliphatic rings. The summed E-state index contributed by atoms with van der Waals surface area (Å²) in [7, 11) is 0. The fraction of sp³-hybridized carbons (Fsp3) is 0.682. The maximum Gasteiger partial charge on any atom is 0.223 e. The minimum atomic E-state index is -0.244. The van der Waals surface area contributed by atoms with Gasteiger partial charge >= 0.3 is 0 Å². The van der Waals surface area contributed by atoms with Gasteiger partial charge in [0, 0.05) is 13.0 Å². The molecule has 2 saturated heterocycles. The van der Waals surface area contributed by atoms with Gasteiger partial charge in [0.05, 0.1) is 25.9 Å². The Morgan fingerprint density at radius 1 is 1.15 bits per heavy atom. The first-order chi connectivity index (χ1) is 12.9. The summed E-state index contributed by atoms with van der Waals surface area (Å²) in [6, 6.07) is 8.32. The molecule has 0 N–H and O–H groups in total. The molecule has 1 aromatic rings. The minimum Gasteiger partial charge on any atom is -0.494 e. The number of carbonyl (C=O) groups is 1. The van der Waals surface area contributed by atoms with E-state index in [-0.39, 0.29) is 23.7 Å². The zero-order valence-corrected chi connectivity index (χ0v) is 16.9. The Bertz CT molecular complexity index is 602. The highest BCUT2D eigenvalue weighted by Crippen LogP contribution is 2.26. The molecule has 2 aliphatic heterocycles. The number of nitrogens with zero attached hydrogens (tertiary/aromatic N) is 1. The normalized spacial score (nSPS) is 21.4. The Balaban J connectivity index is 1.43. The van der Waals surface area contributed by atoms with Crippen LogP contribution in [0.15, 0.2) is 24.3 Å². The number of hydrogen-bond donors (Lipinski definition) is 0. The first-order valence-corrected chi connectivity index (χ1v) is 10.2. The molecule has 1 unspecified atom stereocenters. The molecule has 5 nitrogen and oxygen atoms in total. The van der Waals surface area contributed by atoms with Crippen molar-refractivity contribution in [2.75, 3.05) is 26.4 Å². The van der Waals surface area contributed by atoms with Crippen LogP contribution < -0.4 is 4.74 Å². The Morgan fingerprint density at radius 2 is 1.85 bits per heavy atom. The van der Waals surface area contributed by atoms with E-state index in [1.54, 1.807) is 0 Å². The molecule has 1 amide bonds. The van der Waals surface area contributed by atoms with Crippen molar-refractivity contribution in [1.82, 2.24) is 4.90 Å². The molecule has 0 aliphatic carbocycles. The Morgan fingerprint density at radius 3 is 2.52 bits per heavy atom. The highest BCUT2D eigenvalue weighted by Gasteiger charge is 2.35. The summed E-state index contributed by atoms with van der Waals surface area (Å²) in [6.07, 6.45) is 4.13. The number of piperidine rings is 1. The van der Waals surface area contributed by atoms with Crippen LogP contribution in [0, 0.1) is 0 Å². The summed E-state index contributed by atoms with van der Waals surface area (Å²) in [5.74, 6) is 1.05. The third kappa shape index (κ3) is 5.45. The lowest BCUT2D eigenvalue weighted by Crippen LogP contribution is -2.50. The lowest BCUT2D eigenvalue weighted by molar-refractivity contribution is -0.150. The topological polar surface area (TPSA) is 48.0 Å². The van der Waals surface area contributed by atoms with E-state index in [2.05, 4.69) is 32.9 Å². The van der Waals surface area contributed by atoms with Gasteiger partial charge < -0.3 is 19.1 Å². The van der Waals surface area contributed by atoms with Gasteiger partial charge in [-0.2, -0.15) is 0 Å². The molecule has 5 heteroatoms. The van der Waals surface area contributed by atoms with Crippen molar-refractivity contribution in [3.8, 4) is 5.75 Å². The van der Waals surface area contributed by atoms with E-state index >= 15 is 0 Å². The van der Waals surface area contributed by atoms with E-state index in [1.165, 1.54) is 5.56 Å². The average molecular weight is 376 g/mol. The fourth-order valence-electron chi connectivity index (χ4n) is 3.76. The largest absolute Gasteiger partial charge is 0.494 e. The van der Waals surface area contributed by atoms with Crippen molar-refractivity contribution >= 4 is 5.91 Å². The number of carbonyl (C=O) groups excluding carboxylic acids is 1. The van der Waals surface area contributed by atoms with Gasteiger partial charge in [0.25, 0.3) is 0 Å². The Hall–Kier alpha value is -1.59. The summed E-state index contributed by atoms with van der Waals surface area (Å²) >= 11 is 0. The molecular weight excluding hydrogens is 342 g/mol. The monoisotopic (exact) mass is 375 g/mol. The van der Waals surface area contributed by atoms with Crippen molar-refractivity contribution < 1.29 is 19.0 Å². The minimum absolute atomic E-state index is 0.0691. The van der Waals surface area contributed by atoms with Crippen LogP contribution in [0.5, 0.6) is 5.75 Å². The Kier molecular flexibility index (Phi) is 6.77. The van der Waals surface area contributed by atoms with Crippen LogP contribution in [0.3, 0.4) is 0 Å². The number of amides is 1. The van der Waals surface area contributed by atoms with E-state index in [0.29, 0.717) is 26.2 Å². The predicted molar refractivity (Wildman–Crippen MR) is 105 cm³/mol. The number of likely N-dealkylation sites (tertiary alicyclic amines) is 1. The highest BCUT2D eigenvalue weighted by molar-refractivity contribution is 5.76. The molecule has 0 radical (unpaired) electrons. The summed E-state index contributed by atoms with van der Waals surface area (Å²) < 4.78 is 17.1. The quantitative estimate of drug-likeness (QED) is 0.708. The molecule has 0 aromatic heterocycles. The van der Waals surface area contributed by atoms with Crippen LogP contribution in [0.1, 0.15) is 58.4 Å².